The maximum absolute atomic E-state index is 12.5. The summed E-state index contributed by atoms with van der Waals surface area (Å²) >= 11 is 0. The summed E-state index contributed by atoms with van der Waals surface area (Å²) in [5.41, 5.74) is 1.29. The molecule has 1 saturated carbocycles. The number of amides is 2. The number of hydrogen-bond donors (Lipinski definition) is 2. The standard InChI is InChI=1S/C21H22N2O5/c1-3-28-14-10-8-13(9-11-14)22-19(24)16-12-17(16)20(25)23-18-7-5-4-6-15(18)21(26)27-2/h4-11,16-17H,3,12H2,1-2H3,(H,22,24)(H,23,25). The number of rotatable bonds is 7. The molecule has 0 aliphatic heterocycles. The fraction of sp³-hybridized carbons (Fsp3) is 0.286. The van der Waals surface area contributed by atoms with Crippen LogP contribution >= 0.6 is 0 Å². The summed E-state index contributed by atoms with van der Waals surface area (Å²) in [5.74, 6) is -1.11. The number of anilines is 2. The van der Waals surface area contributed by atoms with Crippen molar-refractivity contribution >= 4 is 29.2 Å². The molecular formula is C21H22N2O5. The van der Waals surface area contributed by atoms with Crippen molar-refractivity contribution in [2.45, 2.75) is 13.3 Å². The van der Waals surface area contributed by atoms with Crippen LogP contribution in [0, 0.1) is 11.8 Å². The number of carbonyl (C=O) groups is 3. The lowest BCUT2D eigenvalue weighted by Gasteiger charge is -2.10. The minimum absolute atomic E-state index is 0.203. The molecule has 7 nitrogen and oxygen atoms in total. The number of carbonyl (C=O) groups excluding carboxylic acids is 3. The van der Waals surface area contributed by atoms with E-state index in [4.69, 9.17) is 9.47 Å². The van der Waals surface area contributed by atoms with Gasteiger partial charge in [0.2, 0.25) is 11.8 Å². The molecule has 7 heteroatoms. The molecule has 1 aliphatic carbocycles. The summed E-state index contributed by atoms with van der Waals surface area (Å²) in [6, 6.07) is 13.7. The SMILES string of the molecule is CCOc1ccc(NC(=O)C2CC2C(=O)Nc2ccccc2C(=O)OC)cc1. The van der Waals surface area contributed by atoms with Crippen LogP contribution < -0.4 is 15.4 Å². The van der Waals surface area contributed by atoms with E-state index in [9.17, 15) is 14.4 Å². The fourth-order valence-electron chi connectivity index (χ4n) is 2.92. The highest BCUT2D eigenvalue weighted by molar-refractivity contribution is 6.06. The summed E-state index contributed by atoms with van der Waals surface area (Å²) in [5, 5.41) is 5.53. The molecule has 2 N–H and O–H groups in total. The molecule has 3 rings (SSSR count). The first-order chi connectivity index (χ1) is 13.5. The molecule has 0 heterocycles. The number of nitrogens with one attached hydrogen (secondary N) is 2. The topological polar surface area (TPSA) is 93.7 Å². The molecule has 1 fully saturated rings. The maximum atomic E-state index is 12.5. The third-order valence-corrected chi connectivity index (χ3v) is 4.49. The van der Waals surface area contributed by atoms with E-state index in [2.05, 4.69) is 10.6 Å². The minimum atomic E-state index is -0.531. The number of esters is 1. The molecule has 1 aliphatic rings. The molecule has 2 aromatic rings. The van der Waals surface area contributed by atoms with Crippen molar-refractivity contribution < 1.29 is 23.9 Å². The number of hydrogen-bond acceptors (Lipinski definition) is 5. The summed E-state index contributed by atoms with van der Waals surface area (Å²) in [4.78, 5) is 36.6. The average molecular weight is 382 g/mol. The van der Waals surface area contributed by atoms with E-state index in [1.54, 1.807) is 48.5 Å². The highest BCUT2D eigenvalue weighted by atomic mass is 16.5. The molecule has 0 radical (unpaired) electrons. The van der Waals surface area contributed by atoms with E-state index in [-0.39, 0.29) is 17.4 Å². The number of benzene rings is 2. The first-order valence-corrected chi connectivity index (χ1v) is 9.05. The Bertz CT molecular complexity index is 879. The van der Waals surface area contributed by atoms with E-state index >= 15 is 0 Å². The highest BCUT2D eigenvalue weighted by Crippen LogP contribution is 2.40. The number of ether oxygens (including phenoxy) is 2. The Morgan fingerprint density at radius 3 is 2.25 bits per heavy atom. The van der Waals surface area contributed by atoms with Gasteiger partial charge in [-0.1, -0.05) is 12.1 Å². The summed E-state index contributed by atoms with van der Waals surface area (Å²) < 4.78 is 10.1. The van der Waals surface area contributed by atoms with E-state index in [1.165, 1.54) is 7.11 Å². The van der Waals surface area contributed by atoms with Crippen molar-refractivity contribution in [2.24, 2.45) is 11.8 Å². The normalized spacial score (nSPS) is 17.4. The van der Waals surface area contributed by atoms with Gasteiger partial charge in [-0.05, 0) is 49.7 Å². The molecular weight excluding hydrogens is 360 g/mol. The smallest absolute Gasteiger partial charge is 0.339 e. The van der Waals surface area contributed by atoms with Gasteiger partial charge < -0.3 is 20.1 Å². The lowest BCUT2D eigenvalue weighted by Crippen LogP contribution is -2.21. The lowest BCUT2D eigenvalue weighted by molar-refractivity contribution is -0.122. The lowest BCUT2D eigenvalue weighted by atomic mass is 10.1. The highest BCUT2D eigenvalue weighted by Gasteiger charge is 2.48. The van der Waals surface area contributed by atoms with Crippen molar-refractivity contribution in [1.29, 1.82) is 0 Å². The second-order valence-corrected chi connectivity index (χ2v) is 6.42. The molecule has 28 heavy (non-hydrogen) atoms. The molecule has 2 amide bonds. The van der Waals surface area contributed by atoms with Gasteiger partial charge in [0.15, 0.2) is 0 Å². The number of para-hydroxylation sites is 1. The van der Waals surface area contributed by atoms with E-state index in [0.717, 1.165) is 5.75 Å². The van der Waals surface area contributed by atoms with Gasteiger partial charge in [-0.3, -0.25) is 9.59 Å². The van der Waals surface area contributed by atoms with E-state index < -0.39 is 17.8 Å². The van der Waals surface area contributed by atoms with E-state index in [1.807, 2.05) is 6.92 Å². The zero-order valence-corrected chi connectivity index (χ0v) is 15.7. The van der Waals surface area contributed by atoms with Crippen molar-refractivity contribution in [1.82, 2.24) is 0 Å². The van der Waals surface area contributed by atoms with Crippen LogP contribution in [0.15, 0.2) is 48.5 Å². The third kappa shape index (κ3) is 4.49. The van der Waals surface area contributed by atoms with Gasteiger partial charge in [-0.2, -0.15) is 0 Å². The van der Waals surface area contributed by atoms with Gasteiger partial charge in [0.25, 0.3) is 0 Å². The van der Waals surface area contributed by atoms with Crippen LogP contribution in [0.2, 0.25) is 0 Å². The van der Waals surface area contributed by atoms with Crippen molar-refractivity contribution in [2.75, 3.05) is 24.4 Å². The van der Waals surface area contributed by atoms with E-state index in [0.29, 0.717) is 24.4 Å². The predicted octanol–water partition coefficient (Wildman–Crippen LogP) is 3.09. The Morgan fingerprint density at radius 2 is 1.61 bits per heavy atom. The van der Waals surface area contributed by atoms with Crippen LogP contribution in [0.3, 0.4) is 0 Å². The van der Waals surface area contributed by atoms with Crippen LogP contribution in [-0.4, -0.2) is 31.5 Å². The molecule has 0 saturated heterocycles. The average Bonchev–Trinajstić information content (AvgIpc) is 3.51. The summed E-state index contributed by atoms with van der Waals surface area (Å²) in [7, 11) is 1.28. The predicted molar refractivity (Wildman–Crippen MR) is 104 cm³/mol. The Labute approximate surface area is 163 Å². The third-order valence-electron chi connectivity index (χ3n) is 4.49. The van der Waals surface area contributed by atoms with Crippen LogP contribution in [0.1, 0.15) is 23.7 Å². The van der Waals surface area contributed by atoms with Gasteiger partial charge in [0, 0.05) is 5.69 Å². The second-order valence-electron chi connectivity index (χ2n) is 6.42. The number of methoxy groups -OCH3 is 1. The second kappa shape index (κ2) is 8.56. The van der Waals surface area contributed by atoms with Gasteiger partial charge in [-0.15, -0.1) is 0 Å². The van der Waals surface area contributed by atoms with Gasteiger partial charge >= 0.3 is 5.97 Å². The summed E-state index contributed by atoms with van der Waals surface area (Å²) in [6.07, 6.45) is 0.467. The van der Waals surface area contributed by atoms with Crippen molar-refractivity contribution in [3.8, 4) is 5.75 Å². The zero-order valence-electron chi connectivity index (χ0n) is 15.7. The van der Waals surface area contributed by atoms with Gasteiger partial charge in [0.05, 0.1) is 36.8 Å². The maximum Gasteiger partial charge on any atom is 0.339 e. The Balaban J connectivity index is 1.57. The van der Waals surface area contributed by atoms with Crippen molar-refractivity contribution in [3.05, 3.63) is 54.1 Å². The quantitative estimate of drug-likeness (QED) is 0.718. The molecule has 0 aromatic heterocycles. The molecule has 2 aromatic carbocycles. The van der Waals surface area contributed by atoms with Crippen LogP contribution in [0.25, 0.3) is 0 Å². The minimum Gasteiger partial charge on any atom is -0.494 e. The monoisotopic (exact) mass is 382 g/mol. The zero-order chi connectivity index (χ0) is 20.1. The largest absolute Gasteiger partial charge is 0.494 e. The Hall–Kier alpha value is -3.35. The molecule has 0 bridgehead atoms. The van der Waals surface area contributed by atoms with Gasteiger partial charge in [-0.25, -0.2) is 4.79 Å². The first kappa shape index (κ1) is 19.4. The summed E-state index contributed by atoms with van der Waals surface area (Å²) in [6.45, 7) is 2.47. The van der Waals surface area contributed by atoms with Crippen LogP contribution in [0.5, 0.6) is 5.75 Å². The molecule has 2 unspecified atom stereocenters. The van der Waals surface area contributed by atoms with Gasteiger partial charge in [0.1, 0.15) is 5.75 Å². The van der Waals surface area contributed by atoms with Crippen LogP contribution in [0.4, 0.5) is 11.4 Å². The Kier molecular flexibility index (Phi) is 5.93. The molecule has 2 atom stereocenters. The first-order valence-electron chi connectivity index (χ1n) is 9.05. The molecule has 0 spiro atoms. The Morgan fingerprint density at radius 1 is 0.964 bits per heavy atom. The molecule has 146 valence electrons. The van der Waals surface area contributed by atoms with Crippen LogP contribution in [-0.2, 0) is 14.3 Å². The fourth-order valence-corrected chi connectivity index (χ4v) is 2.92. The van der Waals surface area contributed by atoms with Crippen molar-refractivity contribution in [3.63, 3.8) is 0 Å².